The number of anilines is 1. The van der Waals surface area contributed by atoms with Gasteiger partial charge in [0, 0.05) is 6.04 Å². The highest BCUT2D eigenvalue weighted by Crippen LogP contribution is 2.25. The van der Waals surface area contributed by atoms with Crippen LogP contribution in [0.3, 0.4) is 0 Å². The van der Waals surface area contributed by atoms with Crippen molar-refractivity contribution < 1.29 is 0 Å². The summed E-state index contributed by atoms with van der Waals surface area (Å²) in [7, 11) is 0. The Morgan fingerprint density at radius 1 is 1.25 bits per heavy atom. The summed E-state index contributed by atoms with van der Waals surface area (Å²) < 4.78 is 0.902. The lowest BCUT2D eigenvalue weighted by Gasteiger charge is -2.23. The van der Waals surface area contributed by atoms with E-state index in [0.717, 1.165) is 16.3 Å². The van der Waals surface area contributed by atoms with Crippen LogP contribution in [0.5, 0.6) is 0 Å². The van der Waals surface area contributed by atoms with E-state index in [9.17, 15) is 0 Å². The number of hydrogen-bond acceptors (Lipinski definition) is 2. The summed E-state index contributed by atoms with van der Waals surface area (Å²) in [5, 5.41) is 3.57. The highest BCUT2D eigenvalue weighted by Gasteiger charge is 2.19. The molecule has 2 atom stereocenters. The first-order valence-corrected chi connectivity index (χ1v) is 6.94. The molecule has 1 N–H and O–H groups in total. The zero-order chi connectivity index (χ0) is 11.4. The van der Waals surface area contributed by atoms with Crippen molar-refractivity contribution in [2.45, 2.75) is 45.1 Å². The SMILES string of the molecule is CC1CCCCCC1Nc1cccc(Br)n1. The Hall–Kier alpha value is -0.570. The molecule has 0 radical (unpaired) electrons. The molecule has 1 aliphatic rings. The van der Waals surface area contributed by atoms with Gasteiger partial charge in [0.15, 0.2) is 0 Å². The first-order chi connectivity index (χ1) is 7.75. The molecule has 1 saturated carbocycles. The van der Waals surface area contributed by atoms with Crippen molar-refractivity contribution in [1.29, 1.82) is 0 Å². The van der Waals surface area contributed by atoms with Crippen molar-refractivity contribution in [2.75, 3.05) is 5.32 Å². The minimum atomic E-state index is 0.587. The van der Waals surface area contributed by atoms with Crippen LogP contribution in [0.25, 0.3) is 0 Å². The molecule has 0 amide bonds. The molecule has 88 valence electrons. The van der Waals surface area contributed by atoms with Crippen LogP contribution in [-0.2, 0) is 0 Å². The second kappa shape index (κ2) is 5.67. The van der Waals surface area contributed by atoms with Crippen molar-refractivity contribution >= 4 is 21.7 Å². The van der Waals surface area contributed by atoms with E-state index in [2.05, 4.69) is 33.2 Å². The van der Waals surface area contributed by atoms with Crippen LogP contribution in [0.15, 0.2) is 22.8 Å². The summed E-state index contributed by atoms with van der Waals surface area (Å²) in [4.78, 5) is 4.44. The smallest absolute Gasteiger partial charge is 0.127 e. The lowest BCUT2D eigenvalue weighted by molar-refractivity contribution is 0.455. The normalized spacial score (nSPS) is 26.1. The van der Waals surface area contributed by atoms with Crippen LogP contribution in [0.2, 0.25) is 0 Å². The number of pyridine rings is 1. The molecule has 2 nitrogen and oxygen atoms in total. The minimum absolute atomic E-state index is 0.587. The standard InChI is InChI=1S/C13H19BrN2/c1-10-6-3-2-4-7-11(10)15-13-9-5-8-12(14)16-13/h5,8-11H,2-4,6-7H2,1H3,(H,15,16). The molecule has 0 saturated heterocycles. The highest BCUT2D eigenvalue weighted by molar-refractivity contribution is 9.10. The summed E-state index contributed by atoms with van der Waals surface area (Å²) in [6.45, 7) is 2.35. The van der Waals surface area contributed by atoms with E-state index in [1.807, 2.05) is 18.2 Å². The second-order valence-electron chi connectivity index (χ2n) is 4.71. The molecule has 1 aliphatic carbocycles. The third kappa shape index (κ3) is 3.21. The van der Waals surface area contributed by atoms with Crippen molar-refractivity contribution in [2.24, 2.45) is 5.92 Å². The summed E-state index contributed by atoms with van der Waals surface area (Å²) in [5.41, 5.74) is 0. The molecule has 0 aromatic carbocycles. The monoisotopic (exact) mass is 282 g/mol. The molecule has 1 aromatic heterocycles. The van der Waals surface area contributed by atoms with Crippen molar-refractivity contribution in [3.05, 3.63) is 22.8 Å². The van der Waals surface area contributed by atoms with E-state index in [-0.39, 0.29) is 0 Å². The number of rotatable bonds is 2. The Morgan fingerprint density at radius 2 is 2.06 bits per heavy atom. The first-order valence-electron chi connectivity index (χ1n) is 6.15. The van der Waals surface area contributed by atoms with E-state index in [1.54, 1.807) is 0 Å². The number of hydrogen-bond donors (Lipinski definition) is 1. The van der Waals surface area contributed by atoms with Gasteiger partial charge in [-0.05, 0) is 46.8 Å². The Balaban J connectivity index is 2.02. The van der Waals surface area contributed by atoms with Crippen LogP contribution < -0.4 is 5.32 Å². The Labute approximate surface area is 106 Å². The summed E-state index contributed by atoms with van der Waals surface area (Å²) in [5.74, 6) is 1.75. The first kappa shape index (κ1) is 11.9. The fourth-order valence-electron chi connectivity index (χ4n) is 2.39. The Bertz CT molecular complexity index is 340. The molecule has 1 aromatic rings. The third-order valence-corrected chi connectivity index (χ3v) is 3.85. The lowest BCUT2D eigenvalue weighted by Crippen LogP contribution is -2.26. The van der Waals surface area contributed by atoms with Crippen molar-refractivity contribution in [3.8, 4) is 0 Å². The number of nitrogens with one attached hydrogen (secondary N) is 1. The van der Waals surface area contributed by atoms with Gasteiger partial charge in [-0.25, -0.2) is 4.98 Å². The molecule has 1 fully saturated rings. The molecule has 1 heterocycles. The van der Waals surface area contributed by atoms with Crippen LogP contribution in [0, 0.1) is 5.92 Å². The Morgan fingerprint density at radius 3 is 2.88 bits per heavy atom. The summed E-state index contributed by atoms with van der Waals surface area (Å²) in [6, 6.07) is 6.62. The fraction of sp³-hybridized carbons (Fsp3) is 0.615. The van der Waals surface area contributed by atoms with Gasteiger partial charge in [0.25, 0.3) is 0 Å². The molecule has 0 spiro atoms. The van der Waals surface area contributed by atoms with E-state index in [4.69, 9.17) is 0 Å². The molecule has 3 heteroatoms. The molecular formula is C13H19BrN2. The fourth-order valence-corrected chi connectivity index (χ4v) is 2.73. The van der Waals surface area contributed by atoms with Crippen molar-refractivity contribution in [1.82, 2.24) is 4.98 Å². The number of nitrogens with zero attached hydrogens (tertiary/aromatic N) is 1. The topological polar surface area (TPSA) is 24.9 Å². The highest BCUT2D eigenvalue weighted by atomic mass is 79.9. The zero-order valence-corrected chi connectivity index (χ0v) is 11.3. The predicted molar refractivity (Wildman–Crippen MR) is 71.6 cm³/mol. The average molecular weight is 283 g/mol. The Kier molecular flexibility index (Phi) is 4.22. The van der Waals surface area contributed by atoms with Crippen molar-refractivity contribution in [3.63, 3.8) is 0 Å². The van der Waals surface area contributed by atoms with Gasteiger partial charge in [-0.2, -0.15) is 0 Å². The van der Waals surface area contributed by atoms with Gasteiger partial charge in [0.2, 0.25) is 0 Å². The predicted octanol–water partition coefficient (Wildman–Crippen LogP) is 4.22. The van der Waals surface area contributed by atoms with E-state index in [1.165, 1.54) is 32.1 Å². The lowest BCUT2D eigenvalue weighted by atomic mass is 9.97. The van der Waals surface area contributed by atoms with E-state index in [0.29, 0.717) is 6.04 Å². The maximum Gasteiger partial charge on any atom is 0.127 e. The van der Waals surface area contributed by atoms with Crippen LogP contribution in [0.1, 0.15) is 39.0 Å². The zero-order valence-electron chi connectivity index (χ0n) is 9.75. The van der Waals surface area contributed by atoms with Gasteiger partial charge in [0.1, 0.15) is 10.4 Å². The third-order valence-electron chi connectivity index (χ3n) is 3.41. The maximum atomic E-state index is 4.44. The largest absolute Gasteiger partial charge is 0.367 e. The molecule has 0 aliphatic heterocycles. The molecular weight excluding hydrogens is 264 g/mol. The van der Waals surface area contributed by atoms with Crippen LogP contribution in [0.4, 0.5) is 5.82 Å². The number of halogens is 1. The molecule has 0 bridgehead atoms. The van der Waals surface area contributed by atoms with Gasteiger partial charge in [-0.15, -0.1) is 0 Å². The van der Waals surface area contributed by atoms with Gasteiger partial charge in [-0.3, -0.25) is 0 Å². The molecule has 16 heavy (non-hydrogen) atoms. The summed E-state index contributed by atoms with van der Waals surface area (Å²) >= 11 is 3.41. The summed E-state index contributed by atoms with van der Waals surface area (Å²) in [6.07, 6.45) is 6.72. The van der Waals surface area contributed by atoms with E-state index >= 15 is 0 Å². The maximum absolute atomic E-state index is 4.44. The molecule has 2 rings (SSSR count). The van der Waals surface area contributed by atoms with Gasteiger partial charge < -0.3 is 5.32 Å². The second-order valence-corrected chi connectivity index (χ2v) is 5.52. The molecule has 2 unspecified atom stereocenters. The van der Waals surface area contributed by atoms with E-state index < -0.39 is 0 Å². The van der Waals surface area contributed by atoms with Gasteiger partial charge in [0.05, 0.1) is 0 Å². The van der Waals surface area contributed by atoms with Crippen LogP contribution in [-0.4, -0.2) is 11.0 Å². The minimum Gasteiger partial charge on any atom is -0.367 e. The van der Waals surface area contributed by atoms with Gasteiger partial charge >= 0.3 is 0 Å². The average Bonchev–Trinajstić information content (AvgIpc) is 2.45. The van der Waals surface area contributed by atoms with Gasteiger partial charge in [-0.1, -0.05) is 32.3 Å². The van der Waals surface area contributed by atoms with Crippen LogP contribution >= 0.6 is 15.9 Å². The number of aromatic nitrogens is 1. The quantitative estimate of drug-likeness (QED) is 0.649.